The van der Waals surface area contributed by atoms with Gasteiger partial charge >= 0.3 is 0 Å². The van der Waals surface area contributed by atoms with Gasteiger partial charge < -0.3 is 15.7 Å². The minimum Gasteiger partial charge on any atom is -0.508 e. The van der Waals surface area contributed by atoms with Crippen molar-refractivity contribution in [1.29, 1.82) is 0 Å². The van der Waals surface area contributed by atoms with Crippen molar-refractivity contribution in [1.82, 2.24) is 24.6 Å². The minimum absolute atomic E-state index is 0.0354. The summed E-state index contributed by atoms with van der Waals surface area (Å²) in [7, 11) is 0. The fraction of sp³-hybridized carbons (Fsp3) is 0.176. The molecule has 0 radical (unpaired) electrons. The number of hydrogen-bond acceptors (Lipinski definition) is 8. The second kappa shape index (κ2) is 6.60. The van der Waals surface area contributed by atoms with E-state index in [4.69, 9.17) is 0 Å². The number of imidazole rings is 1. The van der Waals surface area contributed by atoms with Gasteiger partial charge in [0.25, 0.3) is 0 Å². The molecule has 4 rings (SSSR count). The number of hydrogen-bond donors (Lipinski definition) is 3. The maximum absolute atomic E-state index is 9.58. The molecule has 3 aromatic heterocycles. The maximum atomic E-state index is 9.58. The lowest BCUT2D eigenvalue weighted by atomic mass is 10.2. The Kier molecular flexibility index (Phi) is 4.13. The van der Waals surface area contributed by atoms with E-state index in [9.17, 15) is 5.11 Å². The van der Waals surface area contributed by atoms with Crippen LogP contribution in [0, 0.1) is 6.92 Å². The summed E-state index contributed by atoms with van der Waals surface area (Å²) in [5.74, 6) is 1.33. The van der Waals surface area contributed by atoms with Crippen LogP contribution in [0.4, 0.5) is 17.5 Å². The molecule has 26 heavy (non-hydrogen) atoms. The number of aromatic hydroxyl groups is 1. The van der Waals surface area contributed by atoms with Gasteiger partial charge in [0.1, 0.15) is 17.1 Å². The lowest BCUT2D eigenvalue weighted by Crippen LogP contribution is -2.10. The third kappa shape index (κ3) is 3.42. The average Bonchev–Trinajstić information content (AvgIpc) is 3.15. The molecular formula is C17H17N7OS. The Balaban J connectivity index is 1.54. The molecule has 0 aliphatic rings. The lowest BCUT2D eigenvalue weighted by molar-refractivity contribution is 0.475. The first kappa shape index (κ1) is 16.3. The summed E-state index contributed by atoms with van der Waals surface area (Å²) in [4.78, 5) is 14.3. The van der Waals surface area contributed by atoms with Gasteiger partial charge in [0.15, 0.2) is 0 Å². The monoisotopic (exact) mass is 367 g/mol. The van der Waals surface area contributed by atoms with E-state index in [1.54, 1.807) is 28.2 Å². The second-order valence-corrected chi connectivity index (χ2v) is 6.70. The summed E-state index contributed by atoms with van der Waals surface area (Å²) >= 11 is 1.50. The Morgan fingerprint density at radius 1 is 1.19 bits per heavy atom. The topological polar surface area (TPSA) is 100 Å². The fourth-order valence-electron chi connectivity index (χ4n) is 2.57. The van der Waals surface area contributed by atoms with E-state index in [2.05, 4.69) is 30.7 Å². The molecule has 0 spiro atoms. The number of fused-ring (bicyclic) bond motifs is 1. The van der Waals surface area contributed by atoms with Gasteiger partial charge in [0.05, 0.1) is 17.9 Å². The molecule has 0 bridgehead atoms. The van der Waals surface area contributed by atoms with Crippen molar-refractivity contribution in [3.05, 3.63) is 53.4 Å². The third-order valence-corrected chi connectivity index (χ3v) is 4.46. The van der Waals surface area contributed by atoms with E-state index in [0.717, 1.165) is 22.0 Å². The number of nitrogens with zero attached hydrogens (tertiary/aromatic N) is 5. The van der Waals surface area contributed by atoms with Crippen LogP contribution in [-0.2, 0) is 0 Å². The van der Waals surface area contributed by atoms with Crippen LogP contribution in [0.3, 0.4) is 0 Å². The van der Waals surface area contributed by atoms with Crippen LogP contribution in [0.25, 0.3) is 4.96 Å². The molecule has 8 nitrogen and oxygen atoms in total. The van der Waals surface area contributed by atoms with Crippen LogP contribution >= 0.6 is 11.3 Å². The average molecular weight is 367 g/mol. The van der Waals surface area contributed by atoms with E-state index in [1.165, 1.54) is 11.3 Å². The molecule has 0 aliphatic carbocycles. The van der Waals surface area contributed by atoms with Crippen LogP contribution in [0.1, 0.15) is 24.4 Å². The molecule has 0 amide bonds. The van der Waals surface area contributed by atoms with Crippen LogP contribution in [0.5, 0.6) is 5.75 Å². The molecule has 0 saturated heterocycles. The number of nitrogens with one attached hydrogen (secondary N) is 2. The largest absolute Gasteiger partial charge is 0.508 e. The summed E-state index contributed by atoms with van der Waals surface area (Å²) in [6.07, 6.45) is 1.91. The smallest absolute Gasteiger partial charge is 0.229 e. The summed E-state index contributed by atoms with van der Waals surface area (Å²) in [6.45, 7) is 3.92. The standard InChI is InChI=1S/C17H17N7OS/c1-10-6-15(20-11(2)14-8-24-17(22-14)26-9-18-24)23-16(19-10)21-12-4-3-5-13(25)7-12/h3-9,11,25H,1-2H3,(H2,19,20,21,23)/t11-/m1/s1. The van der Waals surface area contributed by atoms with Crippen molar-refractivity contribution in [2.45, 2.75) is 19.9 Å². The maximum Gasteiger partial charge on any atom is 0.229 e. The molecule has 0 aliphatic heterocycles. The number of phenolic OH excluding ortho intramolecular Hbond substituents is 1. The number of rotatable bonds is 5. The summed E-state index contributed by atoms with van der Waals surface area (Å²) in [5.41, 5.74) is 4.19. The van der Waals surface area contributed by atoms with Crippen LogP contribution in [-0.4, -0.2) is 29.7 Å². The molecule has 0 saturated carbocycles. The van der Waals surface area contributed by atoms with E-state index in [-0.39, 0.29) is 11.8 Å². The predicted octanol–water partition coefficient (Wildman–Crippen LogP) is 3.51. The Labute approximate surface area is 153 Å². The Morgan fingerprint density at radius 2 is 2.08 bits per heavy atom. The van der Waals surface area contributed by atoms with Gasteiger partial charge in [-0.05, 0) is 26.0 Å². The first-order chi connectivity index (χ1) is 12.6. The number of phenols is 1. The highest BCUT2D eigenvalue weighted by Gasteiger charge is 2.13. The van der Waals surface area contributed by atoms with Gasteiger partial charge in [-0.1, -0.05) is 17.4 Å². The van der Waals surface area contributed by atoms with E-state index >= 15 is 0 Å². The van der Waals surface area contributed by atoms with Gasteiger partial charge in [-0.15, -0.1) is 0 Å². The molecule has 1 atom stereocenters. The van der Waals surface area contributed by atoms with Crippen molar-refractivity contribution in [3.63, 3.8) is 0 Å². The zero-order valence-electron chi connectivity index (χ0n) is 14.2. The number of aromatic nitrogens is 5. The summed E-state index contributed by atoms with van der Waals surface area (Å²) in [5, 5.41) is 20.2. The zero-order valence-corrected chi connectivity index (χ0v) is 15.0. The van der Waals surface area contributed by atoms with Gasteiger partial charge in [-0.2, -0.15) is 10.1 Å². The predicted molar refractivity (Wildman–Crippen MR) is 101 cm³/mol. The molecule has 1 aromatic carbocycles. The van der Waals surface area contributed by atoms with Crippen LogP contribution in [0.15, 0.2) is 42.0 Å². The Morgan fingerprint density at radius 3 is 2.88 bits per heavy atom. The number of benzene rings is 1. The first-order valence-electron chi connectivity index (χ1n) is 8.04. The SMILES string of the molecule is Cc1cc(N[C@H](C)c2cn3ncsc3n2)nc(Nc2cccc(O)c2)n1. The zero-order chi connectivity index (χ0) is 18.1. The van der Waals surface area contributed by atoms with Crippen LogP contribution in [0.2, 0.25) is 0 Å². The molecule has 9 heteroatoms. The minimum atomic E-state index is -0.0354. The number of anilines is 3. The highest BCUT2D eigenvalue weighted by Crippen LogP contribution is 2.22. The quantitative estimate of drug-likeness (QED) is 0.496. The van der Waals surface area contributed by atoms with Gasteiger partial charge in [-0.3, -0.25) is 0 Å². The highest BCUT2D eigenvalue weighted by molar-refractivity contribution is 7.14. The molecule has 3 N–H and O–H groups in total. The van der Waals surface area contributed by atoms with Gasteiger partial charge in [-0.25, -0.2) is 14.5 Å². The normalized spacial score (nSPS) is 12.2. The third-order valence-electron chi connectivity index (χ3n) is 3.77. The lowest BCUT2D eigenvalue weighted by Gasteiger charge is -2.14. The summed E-state index contributed by atoms with van der Waals surface area (Å²) < 4.78 is 1.76. The van der Waals surface area contributed by atoms with Crippen molar-refractivity contribution >= 4 is 33.8 Å². The molecule has 0 unspecified atom stereocenters. The Bertz CT molecular complexity index is 1030. The first-order valence-corrected chi connectivity index (χ1v) is 8.92. The molecule has 4 aromatic rings. The summed E-state index contributed by atoms with van der Waals surface area (Å²) in [6, 6.07) is 8.67. The van der Waals surface area contributed by atoms with Crippen molar-refractivity contribution in [2.24, 2.45) is 0 Å². The van der Waals surface area contributed by atoms with Crippen molar-refractivity contribution in [2.75, 3.05) is 10.6 Å². The van der Waals surface area contributed by atoms with E-state index < -0.39 is 0 Å². The molecule has 0 fully saturated rings. The molecule has 3 heterocycles. The van der Waals surface area contributed by atoms with Gasteiger partial charge in [0.2, 0.25) is 10.9 Å². The highest BCUT2D eigenvalue weighted by atomic mass is 32.1. The van der Waals surface area contributed by atoms with E-state index in [1.807, 2.05) is 32.2 Å². The molecular weight excluding hydrogens is 350 g/mol. The van der Waals surface area contributed by atoms with Crippen molar-refractivity contribution < 1.29 is 5.11 Å². The van der Waals surface area contributed by atoms with Gasteiger partial charge in [0, 0.05) is 23.5 Å². The van der Waals surface area contributed by atoms with Crippen LogP contribution < -0.4 is 10.6 Å². The number of aryl methyl sites for hydroxylation is 1. The fourth-order valence-corrected chi connectivity index (χ4v) is 3.18. The molecule has 132 valence electrons. The van der Waals surface area contributed by atoms with E-state index in [0.29, 0.717) is 11.8 Å². The second-order valence-electron chi connectivity index (χ2n) is 5.89. The Hall–Kier alpha value is -3.20. The van der Waals surface area contributed by atoms with Crippen molar-refractivity contribution in [3.8, 4) is 5.75 Å².